The van der Waals surface area contributed by atoms with E-state index >= 15 is 0 Å². The Kier molecular flexibility index (Phi) is 14.1. The molecule has 4 rings (SSSR count). The third-order valence-electron chi connectivity index (χ3n) is 7.77. The number of ether oxygens (including phenoxy) is 6. The molecule has 1 heterocycles. The predicted octanol–water partition coefficient (Wildman–Crippen LogP) is 5.10. The number of alkyl carbamates (subject to hydrolysis) is 1. The average Bonchev–Trinajstić information content (AvgIpc) is 3.07. The summed E-state index contributed by atoms with van der Waals surface area (Å²) < 4.78 is 36.5. The number of carbonyl (C=O) groups excluding carboxylic acids is 3. The van der Waals surface area contributed by atoms with Crippen molar-refractivity contribution in [2.45, 2.75) is 96.0 Å². The Hall–Kier alpha value is -4.29. The SMILES string of the molecule is COC(=O)[C@H](C[C@@H]1O[C@H](COCc2ccccc2)[C@H](OCc2ccccc2)[C@H](OCc2ccccc2)[C@H]1NC(C)=O)NC(=O)OC(C)(C)C. The summed E-state index contributed by atoms with van der Waals surface area (Å²) in [6, 6.07) is 27.2. The molecule has 1 saturated heterocycles. The molecule has 3 aromatic rings. The Morgan fingerprint density at radius 2 is 1.27 bits per heavy atom. The third kappa shape index (κ3) is 12.3. The fourth-order valence-corrected chi connectivity index (χ4v) is 5.60. The van der Waals surface area contributed by atoms with Gasteiger partial charge in [-0.2, -0.15) is 0 Å². The van der Waals surface area contributed by atoms with Gasteiger partial charge in [0.05, 0.1) is 45.7 Å². The minimum absolute atomic E-state index is 0.0668. The molecule has 264 valence electrons. The number of rotatable bonds is 15. The zero-order chi connectivity index (χ0) is 35.2. The standard InChI is InChI=1S/C38H48N2O9/c1-26(41)39-33-31(21-30(36(42)44-5)40-37(43)49-38(2,3)4)48-32(25-45-22-27-15-9-6-10-16-27)34(46-23-28-17-11-7-12-18-28)35(33)47-24-29-19-13-8-14-20-29/h6-20,30-35H,21-25H2,1-5H3,(H,39,41)(H,40,43)/t30-,31-,32+,33-,34-,35+/m0/s1. The Morgan fingerprint density at radius 3 is 1.76 bits per heavy atom. The van der Waals surface area contributed by atoms with E-state index in [9.17, 15) is 14.4 Å². The van der Waals surface area contributed by atoms with Crippen molar-refractivity contribution < 1.29 is 42.8 Å². The second-order valence-corrected chi connectivity index (χ2v) is 12.9. The largest absolute Gasteiger partial charge is 0.467 e. The maximum absolute atomic E-state index is 13.0. The molecule has 49 heavy (non-hydrogen) atoms. The molecule has 3 aromatic carbocycles. The van der Waals surface area contributed by atoms with Crippen LogP contribution in [0.3, 0.4) is 0 Å². The van der Waals surface area contributed by atoms with Gasteiger partial charge in [-0.15, -0.1) is 0 Å². The smallest absolute Gasteiger partial charge is 0.408 e. The van der Waals surface area contributed by atoms with Crippen molar-refractivity contribution in [2.75, 3.05) is 13.7 Å². The predicted molar refractivity (Wildman–Crippen MR) is 182 cm³/mol. The van der Waals surface area contributed by atoms with Gasteiger partial charge in [-0.3, -0.25) is 4.79 Å². The number of carbonyl (C=O) groups is 3. The number of esters is 1. The molecule has 0 saturated carbocycles. The molecular weight excluding hydrogens is 628 g/mol. The van der Waals surface area contributed by atoms with E-state index < -0.39 is 54.2 Å². The van der Waals surface area contributed by atoms with Gasteiger partial charge < -0.3 is 39.1 Å². The van der Waals surface area contributed by atoms with Gasteiger partial charge in [0.15, 0.2) is 0 Å². The van der Waals surface area contributed by atoms with Crippen LogP contribution in [0.15, 0.2) is 91.0 Å². The van der Waals surface area contributed by atoms with Gasteiger partial charge >= 0.3 is 12.1 Å². The van der Waals surface area contributed by atoms with Crippen molar-refractivity contribution >= 4 is 18.0 Å². The summed E-state index contributed by atoms with van der Waals surface area (Å²) in [5.74, 6) is -1.03. The van der Waals surface area contributed by atoms with Crippen LogP contribution in [0.2, 0.25) is 0 Å². The fraction of sp³-hybridized carbons (Fsp3) is 0.447. The lowest BCUT2D eigenvalue weighted by atomic mass is 9.88. The molecule has 1 aliphatic heterocycles. The molecule has 1 fully saturated rings. The van der Waals surface area contributed by atoms with Crippen molar-refractivity contribution in [1.82, 2.24) is 10.6 Å². The van der Waals surface area contributed by atoms with Crippen molar-refractivity contribution in [3.63, 3.8) is 0 Å². The zero-order valence-corrected chi connectivity index (χ0v) is 28.8. The van der Waals surface area contributed by atoms with Gasteiger partial charge in [-0.25, -0.2) is 9.59 Å². The molecule has 2 N–H and O–H groups in total. The summed E-state index contributed by atoms with van der Waals surface area (Å²) in [5, 5.41) is 5.62. The van der Waals surface area contributed by atoms with Crippen LogP contribution in [0.1, 0.15) is 50.8 Å². The van der Waals surface area contributed by atoms with Crippen LogP contribution in [-0.2, 0) is 57.8 Å². The number of methoxy groups -OCH3 is 1. The maximum Gasteiger partial charge on any atom is 0.408 e. The molecule has 0 bridgehead atoms. The molecule has 0 unspecified atom stereocenters. The van der Waals surface area contributed by atoms with E-state index in [-0.39, 0.29) is 32.1 Å². The summed E-state index contributed by atoms with van der Waals surface area (Å²) in [6.07, 6.45) is -3.85. The average molecular weight is 677 g/mol. The molecule has 1 aliphatic rings. The van der Waals surface area contributed by atoms with E-state index in [1.54, 1.807) is 20.8 Å². The maximum atomic E-state index is 13.0. The fourth-order valence-electron chi connectivity index (χ4n) is 5.60. The highest BCUT2D eigenvalue weighted by molar-refractivity contribution is 5.81. The Labute approximate surface area is 288 Å². The van der Waals surface area contributed by atoms with E-state index in [1.807, 2.05) is 91.0 Å². The Balaban J connectivity index is 1.68. The third-order valence-corrected chi connectivity index (χ3v) is 7.77. The van der Waals surface area contributed by atoms with Crippen LogP contribution in [0, 0.1) is 0 Å². The first-order valence-corrected chi connectivity index (χ1v) is 16.4. The number of nitrogens with one attached hydrogen (secondary N) is 2. The van der Waals surface area contributed by atoms with Gasteiger partial charge in [0.25, 0.3) is 0 Å². The van der Waals surface area contributed by atoms with Crippen LogP contribution in [0.25, 0.3) is 0 Å². The van der Waals surface area contributed by atoms with Crippen LogP contribution in [0.4, 0.5) is 4.79 Å². The number of hydrogen-bond acceptors (Lipinski definition) is 9. The van der Waals surface area contributed by atoms with E-state index in [0.29, 0.717) is 6.61 Å². The molecule has 0 aliphatic carbocycles. The lowest BCUT2D eigenvalue weighted by molar-refractivity contribution is -0.234. The highest BCUT2D eigenvalue weighted by atomic mass is 16.6. The summed E-state index contributed by atoms with van der Waals surface area (Å²) in [4.78, 5) is 38.6. The second-order valence-electron chi connectivity index (χ2n) is 12.9. The van der Waals surface area contributed by atoms with Gasteiger partial charge in [0.1, 0.15) is 30.0 Å². The topological polar surface area (TPSA) is 131 Å². The number of hydrogen-bond donors (Lipinski definition) is 2. The minimum atomic E-state index is -1.16. The number of benzene rings is 3. The first kappa shape index (κ1) is 37.5. The molecule has 0 spiro atoms. The van der Waals surface area contributed by atoms with Gasteiger partial charge in [0.2, 0.25) is 5.91 Å². The van der Waals surface area contributed by atoms with Crippen molar-refractivity contribution in [3.05, 3.63) is 108 Å². The van der Waals surface area contributed by atoms with Crippen molar-refractivity contribution in [2.24, 2.45) is 0 Å². The normalized spacial score (nSPS) is 21.3. The molecule has 0 radical (unpaired) electrons. The van der Waals surface area contributed by atoms with Gasteiger partial charge in [-0.05, 0) is 37.5 Å². The van der Waals surface area contributed by atoms with Crippen LogP contribution in [-0.4, -0.2) is 73.8 Å². The molecule has 0 aromatic heterocycles. The summed E-state index contributed by atoms with van der Waals surface area (Å²) >= 11 is 0. The van der Waals surface area contributed by atoms with Crippen molar-refractivity contribution in [3.8, 4) is 0 Å². The van der Waals surface area contributed by atoms with Crippen molar-refractivity contribution in [1.29, 1.82) is 0 Å². The Bertz CT molecular complexity index is 1450. The highest BCUT2D eigenvalue weighted by Crippen LogP contribution is 2.31. The van der Waals surface area contributed by atoms with E-state index in [4.69, 9.17) is 28.4 Å². The van der Waals surface area contributed by atoms with Crippen LogP contribution in [0.5, 0.6) is 0 Å². The van der Waals surface area contributed by atoms with E-state index in [2.05, 4.69) is 10.6 Å². The van der Waals surface area contributed by atoms with Gasteiger partial charge in [-0.1, -0.05) is 91.0 Å². The molecule has 6 atom stereocenters. The molecule has 11 heteroatoms. The monoisotopic (exact) mass is 676 g/mol. The summed E-state index contributed by atoms with van der Waals surface area (Å²) in [7, 11) is 1.23. The van der Waals surface area contributed by atoms with E-state index in [0.717, 1.165) is 16.7 Å². The summed E-state index contributed by atoms with van der Waals surface area (Å²) in [6.45, 7) is 7.48. The van der Waals surface area contributed by atoms with Gasteiger partial charge in [0, 0.05) is 13.3 Å². The first-order valence-electron chi connectivity index (χ1n) is 16.4. The quantitative estimate of drug-likeness (QED) is 0.211. The lowest BCUT2D eigenvalue weighted by Crippen LogP contribution is -2.66. The summed E-state index contributed by atoms with van der Waals surface area (Å²) in [5.41, 5.74) is 2.05. The molecular formula is C38H48N2O9. The Morgan fingerprint density at radius 1 is 0.755 bits per heavy atom. The second kappa shape index (κ2) is 18.5. The molecule has 2 amide bonds. The highest BCUT2D eigenvalue weighted by Gasteiger charge is 2.49. The zero-order valence-electron chi connectivity index (χ0n) is 28.8. The molecule has 11 nitrogen and oxygen atoms in total. The van der Waals surface area contributed by atoms with Crippen LogP contribution < -0.4 is 10.6 Å². The minimum Gasteiger partial charge on any atom is -0.467 e. The van der Waals surface area contributed by atoms with E-state index in [1.165, 1.54) is 14.0 Å². The van der Waals surface area contributed by atoms with Crippen LogP contribution >= 0.6 is 0 Å². The lowest BCUT2D eigenvalue weighted by Gasteiger charge is -2.47. The first-order chi connectivity index (χ1) is 23.5. The number of amides is 2.